The van der Waals surface area contributed by atoms with Crippen molar-refractivity contribution in [3.05, 3.63) is 54.1 Å². The standard InChI is InChI=1S/C24H30N2O3/c1-3-5-22(27)26-15-4-14-24(17-26,23(25)28)16-18-6-8-19(9-7-18)20-10-12-21(29-2)13-11-20/h6-13H,3-5,14-17H2,1-2H3,(H2,25,28)/t24-/m0/s1. The molecule has 0 aromatic heterocycles. The first-order valence-corrected chi connectivity index (χ1v) is 10.3. The molecule has 0 unspecified atom stereocenters. The van der Waals surface area contributed by atoms with Crippen molar-refractivity contribution in [2.75, 3.05) is 20.2 Å². The van der Waals surface area contributed by atoms with Gasteiger partial charge < -0.3 is 15.4 Å². The SMILES string of the molecule is CCCC(=O)N1CCC[C@@](Cc2ccc(-c3ccc(OC)cc3)cc2)(C(N)=O)C1. The van der Waals surface area contributed by atoms with E-state index in [4.69, 9.17) is 10.5 Å². The number of carbonyl (C=O) groups excluding carboxylic acids is 2. The van der Waals surface area contributed by atoms with E-state index >= 15 is 0 Å². The smallest absolute Gasteiger partial charge is 0.225 e. The summed E-state index contributed by atoms with van der Waals surface area (Å²) in [7, 11) is 1.65. The molecule has 29 heavy (non-hydrogen) atoms. The van der Waals surface area contributed by atoms with E-state index in [1.807, 2.05) is 36.1 Å². The van der Waals surface area contributed by atoms with Crippen molar-refractivity contribution in [2.24, 2.45) is 11.1 Å². The summed E-state index contributed by atoms with van der Waals surface area (Å²) in [6.45, 7) is 3.12. The molecule has 154 valence electrons. The van der Waals surface area contributed by atoms with E-state index in [2.05, 4.69) is 24.3 Å². The predicted octanol–water partition coefficient (Wildman–Crippen LogP) is 3.80. The van der Waals surface area contributed by atoms with Gasteiger partial charge in [0.2, 0.25) is 11.8 Å². The second kappa shape index (κ2) is 9.12. The molecule has 5 nitrogen and oxygen atoms in total. The highest BCUT2D eigenvalue weighted by Crippen LogP contribution is 2.34. The zero-order chi connectivity index (χ0) is 20.9. The summed E-state index contributed by atoms with van der Waals surface area (Å²) in [5.74, 6) is 0.631. The maximum Gasteiger partial charge on any atom is 0.225 e. The van der Waals surface area contributed by atoms with E-state index in [1.54, 1.807) is 7.11 Å². The molecular weight excluding hydrogens is 364 g/mol. The summed E-state index contributed by atoms with van der Waals surface area (Å²) in [6, 6.07) is 16.2. The van der Waals surface area contributed by atoms with Crippen LogP contribution in [0.3, 0.4) is 0 Å². The molecule has 2 aromatic carbocycles. The number of nitrogens with two attached hydrogens (primary N) is 1. The number of ether oxygens (including phenoxy) is 1. The lowest BCUT2D eigenvalue weighted by Crippen LogP contribution is -2.53. The van der Waals surface area contributed by atoms with Crippen molar-refractivity contribution in [1.29, 1.82) is 0 Å². The lowest BCUT2D eigenvalue weighted by molar-refractivity contribution is -0.140. The van der Waals surface area contributed by atoms with E-state index < -0.39 is 5.41 Å². The molecule has 0 bridgehead atoms. The third kappa shape index (κ3) is 4.78. The van der Waals surface area contributed by atoms with Crippen molar-refractivity contribution in [3.63, 3.8) is 0 Å². The molecule has 1 heterocycles. The first-order valence-electron chi connectivity index (χ1n) is 10.3. The van der Waals surface area contributed by atoms with Gasteiger partial charge in [0.15, 0.2) is 0 Å². The van der Waals surface area contributed by atoms with Crippen LogP contribution in [0.1, 0.15) is 38.2 Å². The molecule has 5 heteroatoms. The Morgan fingerprint density at radius 3 is 2.24 bits per heavy atom. The van der Waals surface area contributed by atoms with E-state index in [1.165, 1.54) is 0 Å². The zero-order valence-corrected chi connectivity index (χ0v) is 17.3. The fourth-order valence-electron chi connectivity index (χ4n) is 4.14. The minimum absolute atomic E-state index is 0.118. The summed E-state index contributed by atoms with van der Waals surface area (Å²) < 4.78 is 5.21. The van der Waals surface area contributed by atoms with Crippen LogP contribution in [0.25, 0.3) is 11.1 Å². The van der Waals surface area contributed by atoms with Crippen molar-refractivity contribution >= 4 is 11.8 Å². The summed E-state index contributed by atoms with van der Waals surface area (Å²) in [6.07, 6.45) is 3.42. The van der Waals surface area contributed by atoms with Gasteiger partial charge >= 0.3 is 0 Å². The summed E-state index contributed by atoms with van der Waals surface area (Å²) >= 11 is 0. The predicted molar refractivity (Wildman–Crippen MR) is 114 cm³/mol. The van der Waals surface area contributed by atoms with Crippen LogP contribution in [0.2, 0.25) is 0 Å². The quantitative estimate of drug-likeness (QED) is 0.776. The number of hydrogen-bond donors (Lipinski definition) is 1. The molecule has 2 amide bonds. The molecular formula is C24H30N2O3. The van der Waals surface area contributed by atoms with Gasteiger partial charge in [-0.05, 0) is 54.5 Å². The van der Waals surface area contributed by atoms with Crippen LogP contribution in [-0.2, 0) is 16.0 Å². The van der Waals surface area contributed by atoms with Crippen LogP contribution in [0.5, 0.6) is 5.75 Å². The van der Waals surface area contributed by atoms with Crippen LogP contribution >= 0.6 is 0 Å². The molecule has 1 saturated heterocycles. The Bertz CT molecular complexity index is 845. The highest BCUT2D eigenvalue weighted by atomic mass is 16.5. The summed E-state index contributed by atoms with van der Waals surface area (Å²) in [5, 5.41) is 0. The van der Waals surface area contributed by atoms with Crippen molar-refractivity contribution < 1.29 is 14.3 Å². The van der Waals surface area contributed by atoms with Gasteiger partial charge in [-0.2, -0.15) is 0 Å². The maximum atomic E-state index is 12.4. The largest absolute Gasteiger partial charge is 0.497 e. The first-order chi connectivity index (χ1) is 14.0. The Kier molecular flexibility index (Phi) is 6.57. The van der Waals surface area contributed by atoms with Gasteiger partial charge in [0, 0.05) is 19.5 Å². The number of carbonyl (C=O) groups is 2. The molecule has 2 N–H and O–H groups in total. The molecule has 0 aliphatic carbocycles. The number of benzene rings is 2. The van der Waals surface area contributed by atoms with E-state index in [0.29, 0.717) is 25.9 Å². The number of nitrogens with zero attached hydrogens (tertiary/aromatic N) is 1. The normalized spacial score (nSPS) is 19.0. The molecule has 0 spiro atoms. The number of amides is 2. The number of piperidine rings is 1. The summed E-state index contributed by atoms with van der Waals surface area (Å²) in [5.41, 5.74) is 8.43. The van der Waals surface area contributed by atoms with Crippen molar-refractivity contribution in [1.82, 2.24) is 4.90 Å². The Labute approximate surface area is 172 Å². The summed E-state index contributed by atoms with van der Waals surface area (Å²) in [4.78, 5) is 26.6. The van der Waals surface area contributed by atoms with Crippen LogP contribution in [0.15, 0.2) is 48.5 Å². The molecule has 1 aliphatic heterocycles. The third-order valence-electron chi connectivity index (χ3n) is 5.84. The fourth-order valence-corrected chi connectivity index (χ4v) is 4.14. The van der Waals surface area contributed by atoms with Gasteiger partial charge in [-0.15, -0.1) is 0 Å². The van der Waals surface area contributed by atoms with Gasteiger partial charge in [0.25, 0.3) is 0 Å². The van der Waals surface area contributed by atoms with Crippen LogP contribution in [0, 0.1) is 5.41 Å². The van der Waals surface area contributed by atoms with Crippen LogP contribution < -0.4 is 10.5 Å². The molecule has 1 fully saturated rings. The van der Waals surface area contributed by atoms with E-state index in [-0.39, 0.29) is 11.8 Å². The molecule has 0 saturated carbocycles. The number of rotatable bonds is 7. The van der Waals surface area contributed by atoms with Crippen LogP contribution in [0.4, 0.5) is 0 Å². The Morgan fingerprint density at radius 1 is 1.07 bits per heavy atom. The lowest BCUT2D eigenvalue weighted by atomic mass is 9.74. The average molecular weight is 395 g/mol. The highest BCUT2D eigenvalue weighted by molar-refractivity contribution is 5.83. The Morgan fingerprint density at radius 2 is 1.69 bits per heavy atom. The molecule has 2 aromatic rings. The topological polar surface area (TPSA) is 72.6 Å². The Balaban J connectivity index is 1.76. The highest BCUT2D eigenvalue weighted by Gasteiger charge is 2.42. The van der Waals surface area contributed by atoms with E-state index in [0.717, 1.165) is 41.7 Å². The number of methoxy groups -OCH3 is 1. The van der Waals surface area contributed by atoms with Gasteiger partial charge in [0.1, 0.15) is 5.75 Å². The number of likely N-dealkylation sites (tertiary alicyclic amines) is 1. The minimum Gasteiger partial charge on any atom is -0.497 e. The number of hydrogen-bond acceptors (Lipinski definition) is 3. The first kappa shape index (κ1) is 20.9. The van der Waals surface area contributed by atoms with Crippen LogP contribution in [-0.4, -0.2) is 36.9 Å². The second-order valence-corrected chi connectivity index (χ2v) is 7.92. The zero-order valence-electron chi connectivity index (χ0n) is 17.3. The lowest BCUT2D eigenvalue weighted by Gasteiger charge is -2.41. The van der Waals surface area contributed by atoms with Gasteiger partial charge in [-0.3, -0.25) is 9.59 Å². The number of primary amides is 1. The van der Waals surface area contributed by atoms with E-state index in [9.17, 15) is 9.59 Å². The Hall–Kier alpha value is -2.82. The second-order valence-electron chi connectivity index (χ2n) is 7.92. The molecule has 3 rings (SSSR count). The maximum absolute atomic E-state index is 12.4. The van der Waals surface area contributed by atoms with Crippen molar-refractivity contribution in [3.8, 4) is 16.9 Å². The van der Waals surface area contributed by atoms with Gasteiger partial charge in [-0.25, -0.2) is 0 Å². The third-order valence-corrected chi connectivity index (χ3v) is 5.84. The van der Waals surface area contributed by atoms with Crippen molar-refractivity contribution in [2.45, 2.75) is 39.0 Å². The minimum atomic E-state index is -0.691. The molecule has 0 radical (unpaired) electrons. The molecule has 1 atom stereocenters. The van der Waals surface area contributed by atoms with Gasteiger partial charge in [-0.1, -0.05) is 43.3 Å². The fraction of sp³-hybridized carbons (Fsp3) is 0.417. The average Bonchev–Trinajstić information content (AvgIpc) is 2.74. The monoisotopic (exact) mass is 394 g/mol. The van der Waals surface area contributed by atoms with Gasteiger partial charge in [0.05, 0.1) is 12.5 Å². The molecule has 1 aliphatic rings.